The molecular formula is C18H28BrNO. The zero-order valence-electron chi connectivity index (χ0n) is 13.5. The molecule has 0 aliphatic heterocycles. The fourth-order valence-corrected chi connectivity index (χ4v) is 3.24. The highest BCUT2D eigenvalue weighted by Gasteiger charge is 2.15. The molecule has 1 N–H and O–H groups in total. The van der Waals surface area contributed by atoms with Crippen molar-refractivity contribution in [2.75, 3.05) is 6.61 Å². The second kappa shape index (κ2) is 7.75. The van der Waals surface area contributed by atoms with E-state index in [1.165, 1.54) is 36.8 Å². The monoisotopic (exact) mass is 353 g/mol. The predicted octanol–water partition coefficient (Wildman–Crippen LogP) is 5.04. The van der Waals surface area contributed by atoms with Crippen LogP contribution in [0.3, 0.4) is 0 Å². The summed E-state index contributed by atoms with van der Waals surface area (Å²) in [4.78, 5) is 0. The van der Waals surface area contributed by atoms with Crippen LogP contribution in [0.15, 0.2) is 22.7 Å². The molecule has 1 aromatic carbocycles. The number of halogens is 1. The van der Waals surface area contributed by atoms with E-state index in [2.05, 4.69) is 60.2 Å². The van der Waals surface area contributed by atoms with Gasteiger partial charge in [0.05, 0.1) is 6.61 Å². The Labute approximate surface area is 137 Å². The molecule has 118 valence electrons. The van der Waals surface area contributed by atoms with Gasteiger partial charge in [0.1, 0.15) is 0 Å². The van der Waals surface area contributed by atoms with Crippen molar-refractivity contribution in [3.63, 3.8) is 0 Å². The fraction of sp³-hybridized carbons (Fsp3) is 0.667. The van der Waals surface area contributed by atoms with Crippen molar-refractivity contribution in [2.45, 2.75) is 65.1 Å². The number of nitrogens with one attached hydrogen (secondary N) is 1. The molecule has 0 spiro atoms. The molecule has 0 bridgehead atoms. The number of hydrogen-bond acceptors (Lipinski definition) is 2. The summed E-state index contributed by atoms with van der Waals surface area (Å²) < 4.78 is 7.05. The largest absolute Gasteiger partial charge is 0.376 e. The van der Waals surface area contributed by atoms with E-state index in [0.29, 0.717) is 6.61 Å². The van der Waals surface area contributed by atoms with Gasteiger partial charge in [0, 0.05) is 23.2 Å². The molecule has 1 fully saturated rings. The zero-order valence-corrected chi connectivity index (χ0v) is 15.1. The second-order valence-electron chi connectivity index (χ2n) is 7.19. The van der Waals surface area contributed by atoms with E-state index in [9.17, 15) is 0 Å². The second-order valence-corrected chi connectivity index (χ2v) is 8.05. The summed E-state index contributed by atoms with van der Waals surface area (Å²) >= 11 is 3.67. The Kier molecular flexibility index (Phi) is 6.27. The first-order chi connectivity index (χ1) is 9.94. The van der Waals surface area contributed by atoms with Crippen molar-refractivity contribution in [1.29, 1.82) is 0 Å². The van der Waals surface area contributed by atoms with Gasteiger partial charge in [-0.1, -0.05) is 40.9 Å². The van der Waals surface area contributed by atoms with E-state index < -0.39 is 0 Å². The summed E-state index contributed by atoms with van der Waals surface area (Å²) in [5.41, 5.74) is 2.69. The molecule has 1 saturated carbocycles. The van der Waals surface area contributed by atoms with E-state index >= 15 is 0 Å². The third-order valence-electron chi connectivity index (χ3n) is 4.03. The number of rotatable bonds is 6. The molecule has 1 aliphatic rings. The lowest BCUT2D eigenvalue weighted by molar-refractivity contribution is 0.0885. The predicted molar refractivity (Wildman–Crippen MR) is 92.3 cm³/mol. The molecule has 0 radical (unpaired) electrons. The van der Waals surface area contributed by atoms with Crippen LogP contribution in [0.2, 0.25) is 0 Å². The van der Waals surface area contributed by atoms with Gasteiger partial charge in [-0.25, -0.2) is 0 Å². The van der Waals surface area contributed by atoms with Crippen molar-refractivity contribution in [1.82, 2.24) is 5.32 Å². The lowest BCUT2D eigenvalue weighted by Gasteiger charge is -2.21. The van der Waals surface area contributed by atoms with Crippen LogP contribution in [-0.2, 0) is 17.9 Å². The van der Waals surface area contributed by atoms with Crippen LogP contribution in [0.4, 0.5) is 0 Å². The highest BCUT2D eigenvalue weighted by Crippen LogP contribution is 2.26. The van der Waals surface area contributed by atoms with Crippen molar-refractivity contribution in [3.05, 3.63) is 33.8 Å². The Morgan fingerprint density at radius 2 is 1.95 bits per heavy atom. The Morgan fingerprint density at radius 1 is 1.24 bits per heavy atom. The molecule has 0 amide bonds. The summed E-state index contributed by atoms with van der Waals surface area (Å²) in [7, 11) is 0. The summed E-state index contributed by atoms with van der Waals surface area (Å²) in [6, 6.07) is 6.57. The zero-order chi connectivity index (χ0) is 15.3. The van der Waals surface area contributed by atoms with Crippen molar-refractivity contribution >= 4 is 15.9 Å². The minimum absolute atomic E-state index is 0.148. The number of benzene rings is 1. The summed E-state index contributed by atoms with van der Waals surface area (Å²) in [6.07, 6.45) is 5.46. The highest BCUT2D eigenvalue weighted by molar-refractivity contribution is 9.10. The fourth-order valence-electron chi connectivity index (χ4n) is 2.70. The minimum atomic E-state index is 0.148. The molecule has 21 heavy (non-hydrogen) atoms. The van der Waals surface area contributed by atoms with Gasteiger partial charge in [-0.15, -0.1) is 0 Å². The smallest absolute Gasteiger partial charge is 0.0727 e. The third-order valence-corrected chi connectivity index (χ3v) is 4.76. The quantitative estimate of drug-likeness (QED) is 0.772. The highest BCUT2D eigenvalue weighted by atomic mass is 79.9. The lowest BCUT2D eigenvalue weighted by Crippen LogP contribution is -2.35. The van der Waals surface area contributed by atoms with Crippen molar-refractivity contribution < 1.29 is 4.74 Å². The van der Waals surface area contributed by atoms with Gasteiger partial charge in [0.2, 0.25) is 0 Å². The minimum Gasteiger partial charge on any atom is -0.376 e. The van der Waals surface area contributed by atoms with E-state index in [1.807, 2.05) is 0 Å². The van der Waals surface area contributed by atoms with Gasteiger partial charge < -0.3 is 10.1 Å². The first kappa shape index (κ1) is 17.0. The van der Waals surface area contributed by atoms with Crippen LogP contribution in [0.1, 0.15) is 57.6 Å². The van der Waals surface area contributed by atoms with Crippen LogP contribution in [0, 0.1) is 5.92 Å². The Hall–Kier alpha value is -0.380. The average molecular weight is 354 g/mol. The van der Waals surface area contributed by atoms with E-state index in [4.69, 9.17) is 4.74 Å². The number of hydrogen-bond donors (Lipinski definition) is 1. The Morgan fingerprint density at radius 3 is 2.57 bits per heavy atom. The Bertz CT molecular complexity index is 447. The molecule has 0 unspecified atom stereocenters. The molecule has 0 aromatic heterocycles. The van der Waals surface area contributed by atoms with Crippen LogP contribution >= 0.6 is 15.9 Å². The standard InChI is InChI=1S/C18H28BrNO/c1-18(2,3)20-11-15-8-9-16(17(19)10-15)13-21-12-14-6-4-5-7-14/h8-10,14,20H,4-7,11-13H2,1-3H3. The molecule has 1 aliphatic carbocycles. The van der Waals surface area contributed by atoms with E-state index in [1.54, 1.807) is 0 Å². The maximum atomic E-state index is 5.89. The van der Waals surface area contributed by atoms with Gasteiger partial charge in [0.25, 0.3) is 0 Å². The Balaban J connectivity index is 1.80. The van der Waals surface area contributed by atoms with E-state index in [-0.39, 0.29) is 5.54 Å². The van der Waals surface area contributed by atoms with Gasteiger partial charge in [-0.05, 0) is 56.7 Å². The van der Waals surface area contributed by atoms with Gasteiger partial charge >= 0.3 is 0 Å². The molecular weight excluding hydrogens is 326 g/mol. The summed E-state index contributed by atoms with van der Waals surface area (Å²) in [5, 5.41) is 3.51. The first-order valence-electron chi connectivity index (χ1n) is 8.04. The molecule has 2 rings (SSSR count). The van der Waals surface area contributed by atoms with Crippen LogP contribution in [-0.4, -0.2) is 12.1 Å². The molecule has 0 saturated heterocycles. The molecule has 2 nitrogen and oxygen atoms in total. The third kappa shape index (κ3) is 6.09. The maximum absolute atomic E-state index is 5.89. The van der Waals surface area contributed by atoms with E-state index in [0.717, 1.165) is 23.5 Å². The normalized spacial score (nSPS) is 16.6. The average Bonchev–Trinajstić information content (AvgIpc) is 2.91. The molecule has 3 heteroatoms. The number of ether oxygens (including phenoxy) is 1. The van der Waals surface area contributed by atoms with Crippen LogP contribution in [0.5, 0.6) is 0 Å². The summed E-state index contributed by atoms with van der Waals surface area (Å²) in [5.74, 6) is 0.791. The lowest BCUT2D eigenvalue weighted by atomic mass is 10.1. The maximum Gasteiger partial charge on any atom is 0.0727 e. The van der Waals surface area contributed by atoms with Crippen LogP contribution in [0.25, 0.3) is 0 Å². The van der Waals surface area contributed by atoms with Crippen LogP contribution < -0.4 is 5.32 Å². The van der Waals surface area contributed by atoms with Gasteiger partial charge in [-0.2, -0.15) is 0 Å². The van der Waals surface area contributed by atoms with Gasteiger partial charge in [0.15, 0.2) is 0 Å². The summed E-state index contributed by atoms with van der Waals surface area (Å²) in [6.45, 7) is 9.09. The van der Waals surface area contributed by atoms with Crippen molar-refractivity contribution in [2.24, 2.45) is 5.92 Å². The van der Waals surface area contributed by atoms with Crippen molar-refractivity contribution in [3.8, 4) is 0 Å². The van der Waals surface area contributed by atoms with Gasteiger partial charge in [-0.3, -0.25) is 0 Å². The molecule has 0 heterocycles. The molecule has 1 aromatic rings. The first-order valence-corrected chi connectivity index (χ1v) is 8.83. The topological polar surface area (TPSA) is 21.3 Å². The SMILES string of the molecule is CC(C)(C)NCc1ccc(COCC2CCCC2)c(Br)c1. The molecule has 0 atom stereocenters.